The fraction of sp³-hybridized carbons (Fsp3) is 0.583. The van der Waals surface area contributed by atoms with E-state index in [-0.39, 0.29) is 18.8 Å². The predicted octanol–water partition coefficient (Wildman–Crippen LogP) is 2.82. The quantitative estimate of drug-likeness (QED) is 0.919. The van der Waals surface area contributed by atoms with Gasteiger partial charge in [0.2, 0.25) is 0 Å². The smallest absolute Gasteiger partial charge is 0.304 e. The third-order valence-electron chi connectivity index (χ3n) is 3.18. The van der Waals surface area contributed by atoms with E-state index in [0.717, 1.165) is 13.1 Å². The van der Waals surface area contributed by atoms with Crippen molar-refractivity contribution >= 4 is 29.7 Å². The van der Waals surface area contributed by atoms with Crippen LogP contribution in [-0.4, -0.2) is 35.6 Å². The number of rotatable bonds is 4. The topological polar surface area (TPSA) is 40.5 Å². The third-order valence-corrected chi connectivity index (χ3v) is 4.21. The summed E-state index contributed by atoms with van der Waals surface area (Å²) in [5.41, 5.74) is 0. The van der Waals surface area contributed by atoms with Crippen LogP contribution < -0.4 is 0 Å². The molecule has 2 heterocycles. The molecule has 1 aromatic heterocycles. The van der Waals surface area contributed by atoms with Gasteiger partial charge in [-0.1, -0.05) is 6.07 Å². The number of halogens is 1. The number of aliphatic carboxylic acids is 1. The highest BCUT2D eigenvalue weighted by Gasteiger charge is 2.21. The molecular formula is C12H18ClNO2S. The van der Waals surface area contributed by atoms with Crippen LogP contribution in [-0.2, 0) is 4.79 Å². The minimum Gasteiger partial charge on any atom is -0.481 e. The standard InChI is InChI=1S/C12H17NO2S.ClH/c14-12(15)5-8-13-6-3-10(4-7-13)11-2-1-9-16-11;/h1-2,9-10H,3-8H2,(H,14,15);1H. The largest absolute Gasteiger partial charge is 0.481 e. The van der Waals surface area contributed by atoms with Crippen LogP contribution in [0.4, 0.5) is 0 Å². The van der Waals surface area contributed by atoms with Crippen LogP contribution in [0.25, 0.3) is 0 Å². The Hall–Kier alpha value is -0.580. The van der Waals surface area contributed by atoms with Crippen molar-refractivity contribution in [2.24, 2.45) is 0 Å². The Bertz CT molecular complexity index is 334. The van der Waals surface area contributed by atoms with Gasteiger partial charge in [0.05, 0.1) is 6.42 Å². The number of carbonyl (C=O) groups is 1. The number of piperidine rings is 1. The Morgan fingerprint density at radius 2 is 2.18 bits per heavy atom. The maximum absolute atomic E-state index is 10.5. The fourth-order valence-corrected chi connectivity index (χ4v) is 3.12. The van der Waals surface area contributed by atoms with E-state index in [2.05, 4.69) is 22.4 Å². The first-order valence-corrected chi connectivity index (χ1v) is 6.61. The summed E-state index contributed by atoms with van der Waals surface area (Å²) in [7, 11) is 0. The van der Waals surface area contributed by atoms with Crippen molar-refractivity contribution in [2.45, 2.75) is 25.2 Å². The summed E-state index contributed by atoms with van der Waals surface area (Å²) in [5, 5.41) is 10.8. The van der Waals surface area contributed by atoms with Crippen LogP contribution in [0.1, 0.15) is 30.1 Å². The molecule has 1 aliphatic rings. The molecule has 5 heteroatoms. The fourth-order valence-electron chi connectivity index (χ4n) is 2.22. The van der Waals surface area contributed by atoms with Gasteiger partial charge in [-0.3, -0.25) is 4.79 Å². The SMILES string of the molecule is Cl.O=C(O)CCN1CCC(c2cccs2)CC1. The molecule has 1 aromatic rings. The van der Waals surface area contributed by atoms with Crippen molar-refractivity contribution in [1.29, 1.82) is 0 Å². The summed E-state index contributed by atoms with van der Waals surface area (Å²) in [4.78, 5) is 14.2. The zero-order valence-electron chi connectivity index (χ0n) is 9.67. The Balaban J connectivity index is 0.00000144. The highest BCUT2D eigenvalue weighted by atomic mass is 35.5. The van der Waals surface area contributed by atoms with Crippen LogP contribution in [0.15, 0.2) is 17.5 Å². The molecule has 3 nitrogen and oxygen atoms in total. The maximum Gasteiger partial charge on any atom is 0.304 e. The van der Waals surface area contributed by atoms with Gasteiger partial charge in [0, 0.05) is 11.4 Å². The van der Waals surface area contributed by atoms with Gasteiger partial charge in [0.1, 0.15) is 0 Å². The molecule has 96 valence electrons. The Kier molecular flexibility index (Phi) is 5.95. The Morgan fingerprint density at radius 3 is 2.71 bits per heavy atom. The van der Waals surface area contributed by atoms with Gasteiger partial charge in [0.15, 0.2) is 0 Å². The number of hydrogen-bond acceptors (Lipinski definition) is 3. The molecule has 0 amide bonds. The summed E-state index contributed by atoms with van der Waals surface area (Å²) in [5.74, 6) is 0.00135. The lowest BCUT2D eigenvalue weighted by Gasteiger charge is -2.31. The highest BCUT2D eigenvalue weighted by Crippen LogP contribution is 2.30. The number of thiophene rings is 1. The molecule has 1 N–H and O–H groups in total. The molecule has 0 aliphatic carbocycles. The zero-order valence-corrected chi connectivity index (χ0v) is 11.3. The molecule has 1 aliphatic heterocycles. The number of hydrogen-bond donors (Lipinski definition) is 1. The predicted molar refractivity (Wildman–Crippen MR) is 72.2 cm³/mol. The molecule has 0 spiro atoms. The van der Waals surface area contributed by atoms with Gasteiger partial charge < -0.3 is 10.0 Å². The summed E-state index contributed by atoms with van der Waals surface area (Å²) in [6.45, 7) is 2.78. The van der Waals surface area contributed by atoms with Crippen molar-refractivity contribution in [3.63, 3.8) is 0 Å². The van der Waals surface area contributed by atoms with Crippen molar-refractivity contribution in [3.8, 4) is 0 Å². The van der Waals surface area contributed by atoms with Gasteiger partial charge in [-0.2, -0.15) is 0 Å². The second kappa shape index (κ2) is 6.99. The average molecular weight is 276 g/mol. The molecule has 0 saturated carbocycles. The van der Waals surface area contributed by atoms with E-state index >= 15 is 0 Å². The molecule has 0 unspecified atom stereocenters. The lowest BCUT2D eigenvalue weighted by Crippen LogP contribution is -2.34. The molecule has 0 bridgehead atoms. The molecule has 0 radical (unpaired) electrons. The van der Waals surface area contributed by atoms with Crippen LogP contribution in [0.2, 0.25) is 0 Å². The second-order valence-electron chi connectivity index (χ2n) is 4.28. The van der Waals surface area contributed by atoms with Crippen LogP contribution >= 0.6 is 23.7 Å². The molecular weight excluding hydrogens is 258 g/mol. The van der Waals surface area contributed by atoms with Gasteiger partial charge in [-0.05, 0) is 43.3 Å². The minimum atomic E-state index is -0.694. The molecule has 0 atom stereocenters. The molecule has 1 fully saturated rings. The Labute approximate surface area is 112 Å². The van der Waals surface area contributed by atoms with Gasteiger partial charge in [0.25, 0.3) is 0 Å². The lowest BCUT2D eigenvalue weighted by atomic mass is 9.95. The minimum absolute atomic E-state index is 0. The van der Waals surface area contributed by atoms with Crippen LogP contribution in [0, 0.1) is 0 Å². The summed E-state index contributed by atoms with van der Waals surface area (Å²) >= 11 is 1.84. The lowest BCUT2D eigenvalue weighted by molar-refractivity contribution is -0.137. The summed E-state index contributed by atoms with van der Waals surface area (Å²) < 4.78 is 0. The van der Waals surface area contributed by atoms with Crippen molar-refractivity contribution in [1.82, 2.24) is 4.90 Å². The normalized spacial score (nSPS) is 17.6. The first kappa shape index (κ1) is 14.5. The molecule has 2 rings (SSSR count). The van der Waals surface area contributed by atoms with E-state index in [1.165, 1.54) is 17.7 Å². The molecule has 17 heavy (non-hydrogen) atoms. The van der Waals surface area contributed by atoms with Crippen molar-refractivity contribution < 1.29 is 9.90 Å². The van der Waals surface area contributed by atoms with E-state index in [9.17, 15) is 4.79 Å². The second-order valence-corrected chi connectivity index (χ2v) is 5.25. The zero-order chi connectivity index (χ0) is 11.4. The summed E-state index contributed by atoms with van der Waals surface area (Å²) in [6.07, 6.45) is 2.60. The first-order valence-electron chi connectivity index (χ1n) is 5.73. The molecule has 0 aromatic carbocycles. The highest BCUT2D eigenvalue weighted by molar-refractivity contribution is 7.10. The number of nitrogens with zero attached hydrogens (tertiary/aromatic N) is 1. The number of carboxylic acids is 1. The van der Waals surface area contributed by atoms with E-state index < -0.39 is 5.97 Å². The number of likely N-dealkylation sites (tertiary alicyclic amines) is 1. The van der Waals surface area contributed by atoms with Crippen LogP contribution in [0.5, 0.6) is 0 Å². The van der Waals surface area contributed by atoms with E-state index in [1.54, 1.807) is 0 Å². The van der Waals surface area contributed by atoms with Gasteiger partial charge in [-0.25, -0.2) is 0 Å². The van der Waals surface area contributed by atoms with Gasteiger partial charge in [-0.15, -0.1) is 23.7 Å². The van der Waals surface area contributed by atoms with Crippen molar-refractivity contribution in [3.05, 3.63) is 22.4 Å². The number of carboxylic acid groups (broad SMARTS) is 1. The monoisotopic (exact) mass is 275 g/mol. The maximum atomic E-state index is 10.5. The third kappa shape index (κ3) is 4.30. The van der Waals surface area contributed by atoms with Crippen molar-refractivity contribution in [2.75, 3.05) is 19.6 Å². The van der Waals surface area contributed by atoms with E-state index in [4.69, 9.17) is 5.11 Å². The van der Waals surface area contributed by atoms with E-state index in [0.29, 0.717) is 12.5 Å². The van der Waals surface area contributed by atoms with Gasteiger partial charge >= 0.3 is 5.97 Å². The summed E-state index contributed by atoms with van der Waals surface area (Å²) in [6, 6.07) is 4.32. The Morgan fingerprint density at radius 1 is 1.47 bits per heavy atom. The first-order chi connectivity index (χ1) is 7.75. The molecule has 1 saturated heterocycles. The van der Waals surface area contributed by atoms with Crippen LogP contribution in [0.3, 0.4) is 0 Å². The van der Waals surface area contributed by atoms with E-state index in [1.807, 2.05) is 11.3 Å². The average Bonchev–Trinajstić information content (AvgIpc) is 2.80.